The molecule has 10 atom stereocenters. The molecule has 0 aromatic heterocycles. The predicted molar refractivity (Wildman–Crippen MR) is 133 cm³/mol. The summed E-state index contributed by atoms with van der Waals surface area (Å²) in [6.45, 7) is 13.8. The first-order valence-corrected chi connectivity index (χ1v) is 13.4. The van der Waals surface area contributed by atoms with Crippen molar-refractivity contribution in [3.05, 3.63) is 23.3 Å². The van der Waals surface area contributed by atoms with Gasteiger partial charge in [0.15, 0.2) is 5.78 Å². The summed E-state index contributed by atoms with van der Waals surface area (Å²) in [5, 5.41) is 42.4. The zero-order chi connectivity index (χ0) is 26.1. The molecule has 35 heavy (non-hydrogen) atoms. The van der Waals surface area contributed by atoms with Gasteiger partial charge in [-0.05, 0) is 87.5 Å². The van der Waals surface area contributed by atoms with E-state index in [9.17, 15) is 30.0 Å². The minimum Gasteiger partial charge on any atom is -0.481 e. The molecule has 2 saturated carbocycles. The quantitative estimate of drug-likeness (QED) is 0.415. The number of carbonyl (C=O) groups excluding carboxylic acids is 1. The highest BCUT2D eigenvalue weighted by Crippen LogP contribution is 2.66. The Morgan fingerprint density at radius 1 is 1.14 bits per heavy atom. The summed E-state index contributed by atoms with van der Waals surface area (Å²) in [5.41, 5.74) is 0.277. The highest BCUT2D eigenvalue weighted by atomic mass is 16.4. The number of carbonyl (C=O) groups is 2. The maximum absolute atomic E-state index is 13.9. The third kappa shape index (κ3) is 3.95. The van der Waals surface area contributed by atoms with Crippen molar-refractivity contribution in [3.8, 4) is 0 Å². The van der Waals surface area contributed by atoms with Crippen molar-refractivity contribution in [2.75, 3.05) is 0 Å². The van der Waals surface area contributed by atoms with Crippen LogP contribution in [-0.2, 0) is 9.59 Å². The number of aliphatic hydroxyl groups is 3. The van der Waals surface area contributed by atoms with Crippen molar-refractivity contribution in [2.24, 2.45) is 40.4 Å². The number of ketones is 1. The second kappa shape index (κ2) is 8.81. The van der Waals surface area contributed by atoms with Crippen molar-refractivity contribution < 1.29 is 30.0 Å². The van der Waals surface area contributed by atoms with E-state index in [1.807, 2.05) is 0 Å². The van der Waals surface area contributed by atoms with Crippen LogP contribution in [0.15, 0.2) is 23.3 Å². The monoisotopic (exact) mass is 488 g/mol. The van der Waals surface area contributed by atoms with Crippen LogP contribution in [0.3, 0.4) is 0 Å². The van der Waals surface area contributed by atoms with Crippen molar-refractivity contribution in [3.63, 3.8) is 0 Å². The molecule has 0 heterocycles. The number of fused-ring (bicyclic) bond motifs is 4. The van der Waals surface area contributed by atoms with Crippen LogP contribution in [-0.4, -0.2) is 50.0 Å². The van der Waals surface area contributed by atoms with Crippen LogP contribution in [0.2, 0.25) is 0 Å². The van der Waals surface area contributed by atoms with Gasteiger partial charge in [-0.25, -0.2) is 0 Å². The normalized spacial score (nSPS) is 44.8. The van der Waals surface area contributed by atoms with E-state index in [1.54, 1.807) is 13.8 Å². The number of aliphatic carboxylic acids is 1. The molecule has 0 spiro atoms. The second-order valence-corrected chi connectivity index (χ2v) is 12.9. The lowest BCUT2D eigenvalue weighted by atomic mass is 9.47. The number of hydrogen-bond acceptors (Lipinski definition) is 5. The molecule has 6 nitrogen and oxygen atoms in total. The summed E-state index contributed by atoms with van der Waals surface area (Å²) in [7, 11) is 0. The van der Waals surface area contributed by atoms with Gasteiger partial charge in [0.25, 0.3) is 0 Å². The van der Waals surface area contributed by atoms with Crippen LogP contribution >= 0.6 is 0 Å². The fourth-order valence-corrected chi connectivity index (χ4v) is 8.71. The Morgan fingerprint density at radius 2 is 1.80 bits per heavy atom. The number of allylic oxidation sites excluding steroid dienone is 1. The Labute approximate surface area is 209 Å². The summed E-state index contributed by atoms with van der Waals surface area (Å²) in [6, 6.07) is 0. The van der Waals surface area contributed by atoms with Gasteiger partial charge in [0.1, 0.15) is 0 Å². The van der Waals surface area contributed by atoms with Gasteiger partial charge in [-0.2, -0.15) is 0 Å². The summed E-state index contributed by atoms with van der Waals surface area (Å²) < 4.78 is 0. The number of carboxylic acids is 1. The third-order valence-corrected chi connectivity index (χ3v) is 11.0. The first kappa shape index (κ1) is 26.6. The standard InChI is InChI=1S/C29H44O6/c1-15(17(3)26(33)34)7-8-16(2)18-9-10-19-24-20(30)13-22-27(4,12-11-23(32)29(22,6)35)25(24)21(31)14-28(18,19)5/h16-20,22-23,30,32,35H,1,7-14H2,2-6H3,(H,33,34)/t16-,17?,18-,19+,20+,22?,23-,27+,28-,29-/m1/s1. The Kier molecular flexibility index (Phi) is 6.69. The largest absolute Gasteiger partial charge is 0.481 e. The molecule has 2 unspecified atom stereocenters. The molecule has 4 aliphatic carbocycles. The lowest BCUT2D eigenvalue weighted by molar-refractivity contribution is -0.174. The molecule has 2 fully saturated rings. The van der Waals surface area contributed by atoms with Gasteiger partial charge in [0, 0.05) is 23.3 Å². The van der Waals surface area contributed by atoms with Gasteiger partial charge in [-0.3, -0.25) is 9.59 Å². The van der Waals surface area contributed by atoms with E-state index < -0.39 is 35.1 Å². The Balaban J connectivity index is 1.62. The van der Waals surface area contributed by atoms with Crippen molar-refractivity contribution in [2.45, 2.75) is 104 Å². The second-order valence-electron chi connectivity index (χ2n) is 12.9. The fourth-order valence-electron chi connectivity index (χ4n) is 8.71. The Hall–Kier alpha value is -1.50. The summed E-state index contributed by atoms with van der Waals surface area (Å²) >= 11 is 0. The molecule has 4 rings (SSSR count). The minimum atomic E-state index is -1.34. The van der Waals surface area contributed by atoms with Gasteiger partial charge in [-0.1, -0.05) is 32.9 Å². The maximum atomic E-state index is 13.9. The van der Waals surface area contributed by atoms with Crippen LogP contribution in [0, 0.1) is 40.4 Å². The maximum Gasteiger partial charge on any atom is 0.310 e. The summed E-state index contributed by atoms with van der Waals surface area (Å²) in [4.78, 5) is 25.2. The van der Waals surface area contributed by atoms with Gasteiger partial charge in [-0.15, -0.1) is 0 Å². The van der Waals surface area contributed by atoms with Crippen LogP contribution in [0.5, 0.6) is 0 Å². The van der Waals surface area contributed by atoms with Gasteiger partial charge in [0.2, 0.25) is 0 Å². The topological polar surface area (TPSA) is 115 Å². The first-order valence-electron chi connectivity index (χ1n) is 13.4. The number of carboxylic acid groups (broad SMARTS) is 1. The first-order chi connectivity index (χ1) is 16.2. The summed E-state index contributed by atoms with van der Waals surface area (Å²) in [5.74, 6) is -0.914. The number of hydrogen-bond donors (Lipinski definition) is 4. The highest BCUT2D eigenvalue weighted by molar-refractivity contribution is 5.99. The molecular formula is C29H44O6. The zero-order valence-corrected chi connectivity index (χ0v) is 22.0. The fraction of sp³-hybridized carbons (Fsp3) is 0.793. The van der Waals surface area contributed by atoms with Crippen LogP contribution in [0.25, 0.3) is 0 Å². The zero-order valence-electron chi connectivity index (χ0n) is 22.0. The average Bonchev–Trinajstić information content (AvgIpc) is 3.12. The summed E-state index contributed by atoms with van der Waals surface area (Å²) in [6.07, 6.45) is 3.68. The van der Waals surface area contributed by atoms with E-state index in [-0.39, 0.29) is 23.0 Å². The van der Waals surface area contributed by atoms with Crippen LogP contribution in [0.4, 0.5) is 0 Å². The molecule has 0 bridgehead atoms. The smallest absolute Gasteiger partial charge is 0.310 e. The lowest BCUT2D eigenvalue weighted by Crippen LogP contribution is -2.61. The molecule has 4 N–H and O–H groups in total. The van der Waals surface area contributed by atoms with Crippen LogP contribution < -0.4 is 0 Å². The van der Waals surface area contributed by atoms with Crippen molar-refractivity contribution in [1.29, 1.82) is 0 Å². The molecule has 6 heteroatoms. The van der Waals surface area contributed by atoms with Gasteiger partial charge in [0.05, 0.1) is 23.7 Å². The van der Waals surface area contributed by atoms with E-state index >= 15 is 0 Å². The van der Waals surface area contributed by atoms with E-state index in [1.165, 1.54) is 0 Å². The molecule has 0 amide bonds. The lowest BCUT2D eigenvalue weighted by Gasteiger charge is -2.59. The van der Waals surface area contributed by atoms with E-state index in [0.717, 1.165) is 36.0 Å². The molecule has 0 aliphatic heterocycles. The number of aliphatic hydroxyl groups excluding tert-OH is 2. The van der Waals surface area contributed by atoms with Crippen molar-refractivity contribution >= 4 is 11.8 Å². The van der Waals surface area contributed by atoms with Gasteiger partial charge >= 0.3 is 5.97 Å². The van der Waals surface area contributed by atoms with E-state index in [4.69, 9.17) is 0 Å². The molecule has 0 aromatic carbocycles. The highest BCUT2D eigenvalue weighted by Gasteiger charge is 2.63. The molecular weight excluding hydrogens is 444 g/mol. The average molecular weight is 489 g/mol. The SMILES string of the molecule is C=C(CC[C@@H](C)[C@H]1CC[C@H]2C3=C(C(=O)C[C@]12C)[C@@]1(C)CC[C@@H](O)[C@](C)(O)C1C[C@@H]3O)C(C)C(=O)O. The molecule has 4 aliphatic rings. The van der Waals surface area contributed by atoms with E-state index in [0.29, 0.717) is 43.9 Å². The van der Waals surface area contributed by atoms with Crippen molar-refractivity contribution in [1.82, 2.24) is 0 Å². The Morgan fingerprint density at radius 3 is 2.43 bits per heavy atom. The molecule has 0 radical (unpaired) electrons. The third-order valence-electron chi connectivity index (χ3n) is 11.0. The van der Waals surface area contributed by atoms with Crippen LogP contribution in [0.1, 0.15) is 86.0 Å². The minimum absolute atomic E-state index is 0.0974. The molecule has 196 valence electrons. The predicted octanol–water partition coefficient (Wildman–Crippen LogP) is 4.27. The molecule has 0 saturated heterocycles. The molecule has 0 aromatic rings. The number of Topliss-reactive ketones (excluding diaryl/α,β-unsaturated/α-hetero) is 1. The van der Waals surface area contributed by atoms with E-state index in [2.05, 4.69) is 27.4 Å². The van der Waals surface area contributed by atoms with Gasteiger partial charge < -0.3 is 20.4 Å². The number of rotatable bonds is 6. The Bertz CT molecular complexity index is 949.